The quantitative estimate of drug-likeness (QED) is 0.325. The van der Waals surface area contributed by atoms with E-state index in [4.69, 9.17) is 11.6 Å². The fourth-order valence-corrected chi connectivity index (χ4v) is 3.98. The van der Waals surface area contributed by atoms with Gasteiger partial charge in [0.25, 0.3) is 0 Å². The molecule has 0 aliphatic carbocycles. The summed E-state index contributed by atoms with van der Waals surface area (Å²) in [5, 5.41) is 7.16. The highest BCUT2D eigenvalue weighted by molar-refractivity contribution is 14.0. The van der Waals surface area contributed by atoms with Crippen LogP contribution >= 0.6 is 35.6 Å². The minimum absolute atomic E-state index is 0. The predicted molar refractivity (Wildman–Crippen MR) is 135 cm³/mol. The topological polar surface area (TPSA) is 80.3 Å². The van der Waals surface area contributed by atoms with E-state index < -0.39 is 0 Å². The molecule has 1 aromatic rings. The van der Waals surface area contributed by atoms with Crippen LogP contribution in [0.1, 0.15) is 19.8 Å². The van der Waals surface area contributed by atoms with E-state index in [1.54, 1.807) is 7.05 Å². The maximum absolute atomic E-state index is 12.6. The Kier molecular flexibility index (Phi) is 10.1. The van der Waals surface area contributed by atoms with Crippen LogP contribution in [-0.4, -0.2) is 86.5 Å². The summed E-state index contributed by atoms with van der Waals surface area (Å²) in [5.41, 5.74) is 1.13. The lowest BCUT2D eigenvalue weighted by Crippen LogP contribution is -2.53. The van der Waals surface area contributed by atoms with E-state index in [9.17, 15) is 9.59 Å². The lowest BCUT2D eigenvalue weighted by Gasteiger charge is -2.36. The third-order valence-corrected chi connectivity index (χ3v) is 5.89. The van der Waals surface area contributed by atoms with Crippen molar-refractivity contribution in [3.05, 3.63) is 29.3 Å². The van der Waals surface area contributed by atoms with Crippen LogP contribution in [0.4, 0.5) is 5.69 Å². The van der Waals surface area contributed by atoms with Crippen LogP contribution in [0.3, 0.4) is 0 Å². The van der Waals surface area contributed by atoms with E-state index in [0.29, 0.717) is 32.0 Å². The number of aliphatic imine (C=N–C) groups is 1. The molecule has 2 N–H and O–H groups in total. The van der Waals surface area contributed by atoms with E-state index in [-0.39, 0.29) is 48.4 Å². The Labute approximate surface area is 206 Å². The van der Waals surface area contributed by atoms with Crippen LogP contribution in [0.25, 0.3) is 0 Å². The van der Waals surface area contributed by atoms with Crippen molar-refractivity contribution in [3.8, 4) is 0 Å². The minimum Gasteiger partial charge on any atom is -0.368 e. The smallest absolute Gasteiger partial charge is 0.242 e. The Morgan fingerprint density at radius 3 is 2.35 bits per heavy atom. The Balaban J connectivity index is 0.00000341. The van der Waals surface area contributed by atoms with Crippen molar-refractivity contribution in [2.45, 2.75) is 25.8 Å². The number of benzene rings is 1. The molecule has 2 heterocycles. The lowest BCUT2D eigenvalue weighted by atomic mass is 10.2. The Morgan fingerprint density at radius 2 is 1.74 bits per heavy atom. The lowest BCUT2D eigenvalue weighted by molar-refractivity contribution is -0.130. The number of likely N-dealkylation sites (tertiary alicyclic amines) is 1. The Hall–Kier alpha value is -1.75. The summed E-state index contributed by atoms with van der Waals surface area (Å²) in [6.07, 6.45) is 1.41. The van der Waals surface area contributed by atoms with Gasteiger partial charge >= 0.3 is 0 Å². The molecule has 0 radical (unpaired) electrons. The SMILES string of the molecule is CCC(=O)N1CCC(NC(=NC)NCC(=O)N2CCN(c3ccc(Cl)cc3)CC2)C1.I. The number of rotatable bonds is 5. The molecule has 0 saturated carbocycles. The molecule has 3 rings (SSSR count). The highest BCUT2D eigenvalue weighted by atomic mass is 127. The van der Waals surface area contributed by atoms with Gasteiger partial charge in [0, 0.05) is 69.5 Å². The first kappa shape index (κ1) is 25.5. The summed E-state index contributed by atoms with van der Waals surface area (Å²) in [6.45, 7) is 6.48. The molecule has 2 fully saturated rings. The first-order chi connectivity index (χ1) is 14.5. The number of piperazine rings is 1. The van der Waals surface area contributed by atoms with Gasteiger partial charge in [0.15, 0.2) is 5.96 Å². The number of hydrogen-bond acceptors (Lipinski definition) is 4. The number of halogens is 2. The van der Waals surface area contributed by atoms with Gasteiger partial charge < -0.3 is 25.3 Å². The molecule has 0 spiro atoms. The first-order valence-electron chi connectivity index (χ1n) is 10.5. The maximum Gasteiger partial charge on any atom is 0.242 e. The summed E-state index contributed by atoms with van der Waals surface area (Å²) in [6, 6.07) is 7.95. The van der Waals surface area contributed by atoms with E-state index >= 15 is 0 Å². The van der Waals surface area contributed by atoms with Crippen LogP contribution in [-0.2, 0) is 9.59 Å². The molecule has 1 unspecified atom stereocenters. The molecule has 1 atom stereocenters. The second-order valence-corrected chi connectivity index (χ2v) is 8.03. The second kappa shape index (κ2) is 12.3. The highest BCUT2D eigenvalue weighted by Crippen LogP contribution is 2.19. The van der Waals surface area contributed by atoms with E-state index in [0.717, 1.165) is 36.8 Å². The number of amides is 2. The van der Waals surface area contributed by atoms with Crippen LogP contribution in [0, 0.1) is 0 Å². The van der Waals surface area contributed by atoms with Crippen molar-refractivity contribution in [2.75, 3.05) is 57.8 Å². The van der Waals surface area contributed by atoms with Gasteiger partial charge in [-0.15, -0.1) is 24.0 Å². The number of carbonyl (C=O) groups excluding carboxylic acids is 2. The third kappa shape index (κ3) is 7.13. The first-order valence-corrected chi connectivity index (χ1v) is 10.9. The maximum atomic E-state index is 12.6. The van der Waals surface area contributed by atoms with Crippen LogP contribution in [0.5, 0.6) is 0 Å². The number of anilines is 1. The van der Waals surface area contributed by atoms with E-state index in [1.807, 2.05) is 41.0 Å². The van der Waals surface area contributed by atoms with Gasteiger partial charge in [-0.2, -0.15) is 0 Å². The number of nitrogens with one attached hydrogen (secondary N) is 2. The van der Waals surface area contributed by atoms with E-state index in [2.05, 4.69) is 20.5 Å². The average molecular weight is 563 g/mol. The fraction of sp³-hybridized carbons (Fsp3) is 0.571. The molecule has 172 valence electrons. The largest absolute Gasteiger partial charge is 0.368 e. The molecule has 2 amide bonds. The van der Waals surface area contributed by atoms with Crippen LogP contribution in [0.15, 0.2) is 29.3 Å². The molecular formula is C21H32ClIN6O2. The van der Waals surface area contributed by atoms with Crippen molar-refractivity contribution >= 4 is 59.0 Å². The molecule has 8 nitrogen and oxygen atoms in total. The second-order valence-electron chi connectivity index (χ2n) is 7.59. The average Bonchev–Trinajstić information content (AvgIpc) is 3.25. The number of nitrogens with zero attached hydrogens (tertiary/aromatic N) is 4. The van der Waals surface area contributed by atoms with Gasteiger partial charge in [-0.3, -0.25) is 14.6 Å². The third-order valence-electron chi connectivity index (χ3n) is 5.64. The minimum atomic E-state index is 0. The Bertz CT molecular complexity index is 768. The molecule has 31 heavy (non-hydrogen) atoms. The number of carbonyl (C=O) groups is 2. The van der Waals surface area contributed by atoms with Gasteiger partial charge in [-0.25, -0.2) is 0 Å². The summed E-state index contributed by atoms with van der Waals surface area (Å²) >= 11 is 5.96. The van der Waals surface area contributed by atoms with Gasteiger partial charge in [0.05, 0.1) is 6.54 Å². The molecule has 0 aromatic heterocycles. The number of guanidine groups is 1. The van der Waals surface area contributed by atoms with Gasteiger partial charge in [-0.1, -0.05) is 18.5 Å². The summed E-state index contributed by atoms with van der Waals surface area (Å²) in [7, 11) is 1.69. The summed E-state index contributed by atoms with van der Waals surface area (Å²) in [4.78, 5) is 34.7. The predicted octanol–water partition coefficient (Wildman–Crippen LogP) is 1.78. The normalized spacial score (nSPS) is 19.1. The molecule has 2 saturated heterocycles. The highest BCUT2D eigenvalue weighted by Gasteiger charge is 2.26. The molecule has 1 aromatic carbocycles. The zero-order chi connectivity index (χ0) is 21.5. The van der Waals surface area contributed by atoms with Crippen LogP contribution in [0.2, 0.25) is 5.02 Å². The summed E-state index contributed by atoms with van der Waals surface area (Å²) in [5.74, 6) is 0.831. The van der Waals surface area contributed by atoms with Gasteiger partial charge in [0.1, 0.15) is 0 Å². The summed E-state index contributed by atoms with van der Waals surface area (Å²) < 4.78 is 0. The molecule has 2 aliphatic heterocycles. The standard InChI is InChI=1S/C21H31ClN6O2.HI/c1-3-19(29)28-9-8-17(15-28)25-21(23-2)24-14-20(30)27-12-10-26(11-13-27)18-6-4-16(22)5-7-18;/h4-7,17H,3,8-15H2,1-2H3,(H2,23,24,25);1H. The van der Waals surface area contributed by atoms with Crippen molar-refractivity contribution in [1.29, 1.82) is 0 Å². The van der Waals surface area contributed by atoms with Gasteiger partial charge in [-0.05, 0) is 30.7 Å². The van der Waals surface area contributed by atoms with Crippen molar-refractivity contribution in [1.82, 2.24) is 20.4 Å². The van der Waals surface area contributed by atoms with Crippen LogP contribution < -0.4 is 15.5 Å². The zero-order valence-electron chi connectivity index (χ0n) is 18.1. The molecule has 10 heteroatoms. The molecule has 2 aliphatic rings. The fourth-order valence-electron chi connectivity index (χ4n) is 3.85. The van der Waals surface area contributed by atoms with E-state index in [1.165, 1.54) is 0 Å². The van der Waals surface area contributed by atoms with Crippen molar-refractivity contribution in [3.63, 3.8) is 0 Å². The number of hydrogen-bond donors (Lipinski definition) is 2. The Morgan fingerprint density at radius 1 is 1.06 bits per heavy atom. The zero-order valence-corrected chi connectivity index (χ0v) is 21.2. The van der Waals surface area contributed by atoms with Gasteiger partial charge in [0.2, 0.25) is 11.8 Å². The molecule has 0 bridgehead atoms. The van der Waals surface area contributed by atoms with Crippen molar-refractivity contribution in [2.24, 2.45) is 4.99 Å². The molecular weight excluding hydrogens is 531 g/mol. The van der Waals surface area contributed by atoms with Crippen molar-refractivity contribution < 1.29 is 9.59 Å². The monoisotopic (exact) mass is 562 g/mol.